The molecule has 1 aliphatic rings. The lowest BCUT2D eigenvalue weighted by molar-refractivity contribution is -0.130. The van der Waals surface area contributed by atoms with Crippen molar-refractivity contribution in [3.05, 3.63) is 101 Å². The summed E-state index contributed by atoms with van der Waals surface area (Å²) in [5.41, 5.74) is 2.63. The van der Waals surface area contributed by atoms with E-state index >= 15 is 0 Å². The number of nitrogens with zero attached hydrogens (tertiary/aromatic N) is 2. The van der Waals surface area contributed by atoms with E-state index in [4.69, 9.17) is 0 Å². The number of aromatic nitrogens is 1. The highest BCUT2D eigenvalue weighted by molar-refractivity contribution is 5.97. The molecule has 0 bridgehead atoms. The summed E-state index contributed by atoms with van der Waals surface area (Å²) < 4.78 is 13.1. The first kappa shape index (κ1) is 21.2. The molecule has 1 aliphatic heterocycles. The number of halogens is 1. The van der Waals surface area contributed by atoms with Crippen LogP contribution in [0.4, 0.5) is 9.18 Å². The van der Waals surface area contributed by atoms with Gasteiger partial charge >= 0.3 is 6.03 Å². The summed E-state index contributed by atoms with van der Waals surface area (Å²) in [6, 6.07) is 15.1. The third-order valence-electron chi connectivity index (χ3n) is 5.20. The zero-order chi connectivity index (χ0) is 22.5. The van der Waals surface area contributed by atoms with Crippen LogP contribution in [0.15, 0.2) is 73.1 Å². The Bertz CT molecular complexity index is 1120. The van der Waals surface area contributed by atoms with Gasteiger partial charge in [-0.25, -0.2) is 9.18 Å². The Balaban J connectivity index is 1.39. The maximum absolute atomic E-state index is 13.1. The molecule has 1 saturated heterocycles. The van der Waals surface area contributed by atoms with Crippen LogP contribution in [0.5, 0.6) is 0 Å². The Morgan fingerprint density at radius 1 is 1.09 bits per heavy atom. The highest BCUT2D eigenvalue weighted by Crippen LogP contribution is 2.24. The van der Waals surface area contributed by atoms with E-state index in [1.807, 2.05) is 6.07 Å². The van der Waals surface area contributed by atoms with Crippen LogP contribution in [-0.2, 0) is 17.9 Å². The molecule has 1 unspecified atom stereocenters. The Labute approximate surface area is 184 Å². The minimum absolute atomic E-state index is 0.0462. The van der Waals surface area contributed by atoms with Gasteiger partial charge in [0.25, 0.3) is 5.91 Å². The van der Waals surface area contributed by atoms with Crippen molar-refractivity contribution in [2.45, 2.75) is 25.6 Å². The molecule has 1 aromatic heterocycles. The molecule has 1 atom stereocenters. The minimum Gasteiger partial charge on any atom is -0.348 e. The van der Waals surface area contributed by atoms with Crippen LogP contribution in [-0.4, -0.2) is 27.7 Å². The molecular formula is C24H21FN4O3. The van der Waals surface area contributed by atoms with Crippen molar-refractivity contribution in [1.29, 1.82) is 0 Å². The van der Waals surface area contributed by atoms with Crippen molar-refractivity contribution in [2.75, 3.05) is 0 Å². The van der Waals surface area contributed by atoms with Gasteiger partial charge in [-0.1, -0.05) is 30.3 Å². The fourth-order valence-corrected chi connectivity index (χ4v) is 3.51. The standard InChI is InChI=1S/C24H21FN4O3/c25-20-8-6-18(7-9-20)21-12-22(30)29(24(32)28-21)15-16-3-1-5-19(11-16)23(31)27-14-17-4-2-10-26-13-17/h1-11,13,21H,12,14-15H2,(H,27,31)(H,28,32). The summed E-state index contributed by atoms with van der Waals surface area (Å²) in [5.74, 6) is -0.982. The summed E-state index contributed by atoms with van der Waals surface area (Å²) in [6.45, 7) is 0.388. The number of pyridine rings is 1. The second-order valence-corrected chi connectivity index (χ2v) is 7.48. The summed E-state index contributed by atoms with van der Waals surface area (Å²) in [6.07, 6.45) is 3.41. The molecule has 4 amide bonds. The molecule has 3 aromatic rings. The average molecular weight is 432 g/mol. The van der Waals surface area contributed by atoms with E-state index in [0.717, 1.165) is 10.5 Å². The molecule has 2 heterocycles. The maximum atomic E-state index is 13.1. The molecule has 0 radical (unpaired) electrons. The quantitative estimate of drug-likeness (QED) is 0.625. The van der Waals surface area contributed by atoms with Crippen molar-refractivity contribution in [2.24, 2.45) is 0 Å². The van der Waals surface area contributed by atoms with Crippen molar-refractivity contribution < 1.29 is 18.8 Å². The Morgan fingerprint density at radius 2 is 1.88 bits per heavy atom. The van der Waals surface area contributed by atoms with Crippen LogP contribution in [0.1, 0.15) is 39.5 Å². The second kappa shape index (κ2) is 9.38. The van der Waals surface area contributed by atoms with Crippen LogP contribution in [0, 0.1) is 5.82 Å². The van der Waals surface area contributed by atoms with Crippen LogP contribution in [0.2, 0.25) is 0 Å². The fraction of sp³-hybridized carbons (Fsp3) is 0.167. The lowest BCUT2D eigenvalue weighted by Gasteiger charge is -2.31. The van der Waals surface area contributed by atoms with Gasteiger partial charge in [-0.2, -0.15) is 0 Å². The molecule has 8 heteroatoms. The van der Waals surface area contributed by atoms with Gasteiger partial charge < -0.3 is 10.6 Å². The number of hydrogen-bond donors (Lipinski definition) is 2. The molecule has 0 saturated carbocycles. The Morgan fingerprint density at radius 3 is 2.59 bits per heavy atom. The van der Waals surface area contributed by atoms with Crippen LogP contribution < -0.4 is 10.6 Å². The largest absolute Gasteiger partial charge is 0.348 e. The first-order valence-electron chi connectivity index (χ1n) is 10.1. The number of carbonyl (C=O) groups excluding carboxylic acids is 3. The fourth-order valence-electron chi connectivity index (χ4n) is 3.51. The van der Waals surface area contributed by atoms with Gasteiger partial charge in [-0.05, 0) is 47.0 Å². The Hall–Kier alpha value is -4.07. The third kappa shape index (κ3) is 4.97. The van der Waals surface area contributed by atoms with Gasteiger partial charge in [-0.15, -0.1) is 0 Å². The molecule has 1 fully saturated rings. The van der Waals surface area contributed by atoms with E-state index in [1.54, 1.807) is 54.9 Å². The van der Waals surface area contributed by atoms with Crippen molar-refractivity contribution in [3.63, 3.8) is 0 Å². The number of urea groups is 1. The third-order valence-corrected chi connectivity index (χ3v) is 5.20. The molecule has 0 spiro atoms. The van der Waals surface area contributed by atoms with Crippen molar-refractivity contribution in [1.82, 2.24) is 20.5 Å². The summed E-state index contributed by atoms with van der Waals surface area (Å²) in [5, 5.41) is 5.61. The molecule has 2 aromatic carbocycles. The van der Waals surface area contributed by atoms with Gasteiger partial charge in [0.05, 0.1) is 19.0 Å². The highest BCUT2D eigenvalue weighted by atomic mass is 19.1. The predicted molar refractivity (Wildman–Crippen MR) is 115 cm³/mol. The monoisotopic (exact) mass is 432 g/mol. The molecule has 162 valence electrons. The summed E-state index contributed by atoms with van der Waals surface area (Å²) in [7, 11) is 0. The van der Waals surface area contributed by atoms with E-state index in [2.05, 4.69) is 15.6 Å². The van der Waals surface area contributed by atoms with Gasteiger partial charge in [-0.3, -0.25) is 19.5 Å². The van der Waals surface area contributed by atoms with Gasteiger partial charge in [0, 0.05) is 24.5 Å². The van der Waals surface area contributed by atoms with E-state index < -0.39 is 12.1 Å². The molecule has 32 heavy (non-hydrogen) atoms. The summed E-state index contributed by atoms with van der Waals surface area (Å²) in [4.78, 5) is 42.8. The lowest BCUT2D eigenvalue weighted by atomic mass is 10.0. The first-order valence-corrected chi connectivity index (χ1v) is 10.1. The summed E-state index contributed by atoms with van der Waals surface area (Å²) >= 11 is 0. The van der Waals surface area contributed by atoms with E-state index in [9.17, 15) is 18.8 Å². The molecule has 2 N–H and O–H groups in total. The average Bonchev–Trinajstić information content (AvgIpc) is 2.81. The second-order valence-electron chi connectivity index (χ2n) is 7.48. The molecular weight excluding hydrogens is 411 g/mol. The first-order chi connectivity index (χ1) is 15.5. The van der Waals surface area contributed by atoms with Crippen molar-refractivity contribution in [3.8, 4) is 0 Å². The van der Waals surface area contributed by atoms with E-state index in [1.165, 1.54) is 12.1 Å². The SMILES string of the molecule is O=C(NCc1cccnc1)c1cccc(CN2C(=O)CC(c3ccc(F)cc3)NC2=O)c1. The number of nitrogens with one attached hydrogen (secondary N) is 2. The maximum Gasteiger partial charge on any atom is 0.324 e. The molecule has 7 nitrogen and oxygen atoms in total. The Kier molecular flexibility index (Phi) is 6.21. The van der Waals surface area contributed by atoms with Crippen LogP contribution in [0.3, 0.4) is 0 Å². The predicted octanol–water partition coefficient (Wildman–Crippen LogP) is 3.33. The van der Waals surface area contributed by atoms with Crippen LogP contribution in [0.25, 0.3) is 0 Å². The van der Waals surface area contributed by atoms with Gasteiger partial charge in [0.15, 0.2) is 0 Å². The van der Waals surface area contributed by atoms with Gasteiger partial charge in [0.2, 0.25) is 5.91 Å². The normalized spacial score (nSPS) is 15.9. The zero-order valence-corrected chi connectivity index (χ0v) is 17.1. The minimum atomic E-state index is -0.526. The number of carbonyl (C=O) groups is 3. The van der Waals surface area contributed by atoms with Crippen molar-refractivity contribution >= 4 is 17.8 Å². The number of hydrogen-bond acceptors (Lipinski definition) is 4. The number of rotatable bonds is 6. The smallest absolute Gasteiger partial charge is 0.324 e. The molecule has 0 aliphatic carbocycles. The highest BCUT2D eigenvalue weighted by Gasteiger charge is 2.32. The number of benzene rings is 2. The lowest BCUT2D eigenvalue weighted by Crippen LogP contribution is -2.50. The number of amides is 4. The topological polar surface area (TPSA) is 91.4 Å². The number of imide groups is 1. The molecule has 4 rings (SSSR count). The van der Waals surface area contributed by atoms with Crippen LogP contribution >= 0.6 is 0 Å². The zero-order valence-electron chi connectivity index (χ0n) is 17.1. The van der Waals surface area contributed by atoms with Gasteiger partial charge in [0.1, 0.15) is 5.82 Å². The van der Waals surface area contributed by atoms with E-state index in [-0.39, 0.29) is 30.6 Å². The van der Waals surface area contributed by atoms with E-state index in [0.29, 0.717) is 23.2 Å².